The van der Waals surface area contributed by atoms with Crippen LogP contribution in [0, 0.1) is 0 Å². The molecule has 3 saturated heterocycles. The van der Waals surface area contributed by atoms with E-state index in [1.807, 2.05) is 0 Å². The quantitative estimate of drug-likeness (QED) is 0.838. The maximum atomic E-state index is 12.3. The van der Waals surface area contributed by atoms with E-state index in [4.69, 9.17) is 4.74 Å². The average molecular weight is 295 g/mol. The Labute approximate surface area is 128 Å². The van der Waals surface area contributed by atoms with E-state index in [2.05, 4.69) is 22.0 Å². The molecule has 0 saturated carbocycles. The summed E-state index contributed by atoms with van der Waals surface area (Å²) in [6, 6.07) is 1.07. The highest BCUT2D eigenvalue weighted by Gasteiger charge is 2.30. The number of hydrogen-bond donors (Lipinski definition) is 1. The van der Waals surface area contributed by atoms with Crippen LogP contribution in [0.1, 0.15) is 39.0 Å². The first kappa shape index (κ1) is 15.3. The molecule has 1 amide bonds. The van der Waals surface area contributed by atoms with E-state index in [0.717, 1.165) is 58.6 Å². The van der Waals surface area contributed by atoms with Crippen molar-refractivity contribution in [2.75, 3.05) is 39.3 Å². The van der Waals surface area contributed by atoms with Crippen LogP contribution in [0.4, 0.5) is 0 Å². The van der Waals surface area contributed by atoms with Gasteiger partial charge in [-0.3, -0.25) is 9.69 Å². The van der Waals surface area contributed by atoms with Gasteiger partial charge in [-0.05, 0) is 39.2 Å². The molecule has 1 N–H and O–H groups in total. The molecule has 0 aromatic carbocycles. The van der Waals surface area contributed by atoms with Crippen LogP contribution in [0.15, 0.2) is 0 Å². The topological polar surface area (TPSA) is 44.8 Å². The molecule has 3 heterocycles. The van der Waals surface area contributed by atoms with Gasteiger partial charge >= 0.3 is 0 Å². The number of likely N-dealkylation sites (tertiary alicyclic amines) is 1. The van der Waals surface area contributed by atoms with Gasteiger partial charge in [0.1, 0.15) is 0 Å². The summed E-state index contributed by atoms with van der Waals surface area (Å²) in [5, 5.41) is 3.42. The van der Waals surface area contributed by atoms with Gasteiger partial charge in [-0.1, -0.05) is 0 Å². The van der Waals surface area contributed by atoms with Crippen molar-refractivity contribution in [1.29, 1.82) is 0 Å². The van der Waals surface area contributed by atoms with Gasteiger partial charge in [0.25, 0.3) is 0 Å². The maximum Gasteiger partial charge on any atom is 0.224 e. The van der Waals surface area contributed by atoms with Crippen LogP contribution < -0.4 is 5.32 Å². The summed E-state index contributed by atoms with van der Waals surface area (Å²) in [5.74, 6) is 0.350. The van der Waals surface area contributed by atoms with Crippen LogP contribution >= 0.6 is 0 Å². The van der Waals surface area contributed by atoms with Crippen LogP contribution in [0.25, 0.3) is 0 Å². The van der Waals surface area contributed by atoms with Gasteiger partial charge in [-0.25, -0.2) is 0 Å². The van der Waals surface area contributed by atoms with Gasteiger partial charge in [-0.15, -0.1) is 0 Å². The average Bonchev–Trinajstić information content (AvgIpc) is 3.00. The van der Waals surface area contributed by atoms with Gasteiger partial charge in [0.05, 0.1) is 12.7 Å². The molecule has 0 aliphatic carbocycles. The largest absolute Gasteiger partial charge is 0.376 e. The van der Waals surface area contributed by atoms with E-state index in [9.17, 15) is 4.79 Å². The molecule has 5 nitrogen and oxygen atoms in total. The van der Waals surface area contributed by atoms with Crippen molar-refractivity contribution in [3.63, 3.8) is 0 Å². The fourth-order valence-electron chi connectivity index (χ4n) is 3.93. The molecule has 3 fully saturated rings. The highest BCUT2D eigenvalue weighted by atomic mass is 16.5. The standard InChI is InChI=1S/C16H29N3O2/c1-13-12-19(9-10-21-13)15-4-7-18(8-5-15)16(20)11-14-3-2-6-17-14/h13-15,17H,2-12H2,1H3. The highest BCUT2D eigenvalue weighted by Crippen LogP contribution is 2.20. The number of nitrogens with zero attached hydrogens (tertiary/aromatic N) is 2. The Morgan fingerprint density at radius 2 is 2.05 bits per heavy atom. The highest BCUT2D eigenvalue weighted by molar-refractivity contribution is 5.77. The Balaban J connectivity index is 1.42. The van der Waals surface area contributed by atoms with E-state index >= 15 is 0 Å². The van der Waals surface area contributed by atoms with Gasteiger partial charge < -0.3 is 15.0 Å². The summed E-state index contributed by atoms with van der Waals surface area (Å²) < 4.78 is 5.62. The Hall–Kier alpha value is -0.650. The first-order valence-electron chi connectivity index (χ1n) is 8.59. The second-order valence-corrected chi connectivity index (χ2v) is 6.79. The number of carbonyl (C=O) groups excluding carboxylic acids is 1. The lowest BCUT2D eigenvalue weighted by Gasteiger charge is -2.41. The van der Waals surface area contributed by atoms with E-state index in [-0.39, 0.29) is 0 Å². The summed E-state index contributed by atoms with van der Waals surface area (Å²) in [6.45, 7) is 8.05. The van der Waals surface area contributed by atoms with Crippen molar-refractivity contribution in [1.82, 2.24) is 15.1 Å². The summed E-state index contributed by atoms with van der Waals surface area (Å²) >= 11 is 0. The van der Waals surface area contributed by atoms with Crippen LogP contribution in [-0.4, -0.2) is 73.2 Å². The molecule has 0 aromatic rings. The third-order valence-electron chi connectivity index (χ3n) is 5.19. The zero-order valence-corrected chi connectivity index (χ0v) is 13.2. The molecule has 5 heteroatoms. The van der Waals surface area contributed by atoms with Crippen LogP contribution in [0.3, 0.4) is 0 Å². The van der Waals surface area contributed by atoms with Crippen molar-refractivity contribution >= 4 is 5.91 Å². The first-order valence-corrected chi connectivity index (χ1v) is 8.59. The number of ether oxygens (including phenoxy) is 1. The predicted molar refractivity (Wildman–Crippen MR) is 82.2 cm³/mol. The molecule has 0 aromatic heterocycles. The summed E-state index contributed by atoms with van der Waals surface area (Å²) in [4.78, 5) is 17.0. The zero-order chi connectivity index (χ0) is 14.7. The molecule has 2 unspecified atom stereocenters. The Morgan fingerprint density at radius 3 is 2.71 bits per heavy atom. The molecular formula is C16H29N3O2. The Morgan fingerprint density at radius 1 is 1.24 bits per heavy atom. The van der Waals surface area contributed by atoms with E-state index < -0.39 is 0 Å². The van der Waals surface area contributed by atoms with Crippen molar-refractivity contribution in [2.45, 2.75) is 57.2 Å². The van der Waals surface area contributed by atoms with Crippen molar-refractivity contribution in [2.24, 2.45) is 0 Å². The van der Waals surface area contributed by atoms with Crippen LogP contribution in [-0.2, 0) is 9.53 Å². The van der Waals surface area contributed by atoms with Crippen molar-refractivity contribution in [3.05, 3.63) is 0 Å². The monoisotopic (exact) mass is 295 g/mol. The SMILES string of the molecule is CC1CN(C2CCN(C(=O)CC3CCCN3)CC2)CCO1. The zero-order valence-electron chi connectivity index (χ0n) is 13.2. The first-order chi connectivity index (χ1) is 10.2. The number of hydrogen-bond acceptors (Lipinski definition) is 4. The smallest absolute Gasteiger partial charge is 0.224 e. The number of carbonyl (C=O) groups is 1. The number of piperidine rings is 1. The van der Waals surface area contributed by atoms with Crippen LogP contribution in [0.5, 0.6) is 0 Å². The molecule has 2 atom stereocenters. The van der Waals surface area contributed by atoms with Gasteiger partial charge in [0.15, 0.2) is 0 Å². The normalized spacial score (nSPS) is 32.5. The fourth-order valence-corrected chi connectivity index (χ4v) is 3.93. The number of amides is 1. The van der Waals surface area contributed by atoms with Gasteiger partial charge in [0.2, 0.25) is 5.91 Å². The number of nitrogens with one attached hydrogen (secondary N) is 1. The lowest BCUT2D eigenvalue weighted by atomic mass is 10.0. The van der Waals surface area contributed by atoms with Crippen molar-refractivity contribution in [3.8, 4) is 0 Å². The second-order valence-electron chi connectivity index (χ2n) is 6.79. The summed E-state index contributed by atoms with van der Waals surface area (Å²) in [5.41, 5.74) is 0. The molecule has 120 valence electrons. The minimum atomic E-state index is 0.350. The lowest BCUT2D eigenvalue weighted by Crippen LogP contribution is -2.52. The minimum Gasteiger partial charge on any atom is -0.376 e. The predicted octanol–water partition coefficient (Wildman–Crippen LogP) is 0.840. The maximum absolute atomic E-state index is 12.3. The molecule has 3 aliphatic heterocycles. The fraction of sp³-hybridized carbons (Fsp3) is 0.938. The lowest BCUT2D eigenvalue weighted by molar-refractivity contribution is -0.133. The third kappa shape index (κ3) is 3.96. The molecule has 21 heavy (non-hydrogen) atoms. The second kappa shape index (κ2) is 7.07. The Kier molecular flexibility index (Phi) is 5.14. The van der Waals surface area contributed by atoms with E-state index in [0.29, 0.717) is 30.5 Å². The minimum absolute atomic E-state index is 0.350. The van der Waals surface area contributed by atoms with Crippen molar-refractivity contribution < 1.29 is 9.53 Å². The number of rotatable bonds is 3. The van der Waals surface area contributed by atoms with Crippen LogP contribution in [0.2, 0.25) is 0 Å². The molecule has 0 radical (unpaired) electrons. The molecular weight excluding hydrogens is 266 g/mol. The van der Waals surface area contributed by atoms with E-state index in [1.54, 1.807) is 0 Å². The van der Waals surface area contributed by atoms with Gasteiger partial charge in [-0.2, -0.15) is 0 Å². The Bertz CT molecular complexity index is 349. The molecule has 0 spiro atoms. The summed E-state index contributed by atoms with van der Waals surface area (Å²) in [6.07, 6.45) is 5.67. The molecule has 0 bridgehead atoms. The summed E-state index contributed by atoms with van der Waals surface area (Å²) in [7, 11) is 0. The molecule has 3 aliphatic rings. The van der Waals surface area contributed by atoms with E-state index in [1.165, 1.54) is 6.42 Å². The molecule has 3 rings (SSSR count). The third-order valence-corrected chi connectivity index (χ3v) is 5.19. The van der Waals surface area contributed by atoms with Gasteiger partial charge in [0, 0.05) is 44.7 Å². The number of morpholine rings is 1.